The Labute approximate surface area is 114 Å². The van der Waals surface area contributed by atoms with E-state index >= 15 is 0 Å². The zero-order valence-corrected chi connectivity index (χ0v) is 12.0. The first-order valence-corrected chi connectivity index (χ1v) is 6.82. The Morgan fingerprint density at radius 2 is 1.95 bits per heavy atom. The lowest BCUT2D eigenvalue weighted by Crippen LogP contribution is -2.47. The van der Waals surface area contributed by atoms with Crippen molar-refractivity contribution in [2.75, 3.05) is 20.6 Å². The van der Waals surface area contributed by atoms with Crippen LogP contribution in [0.1, 0.15) is 32.6 Å². The van der Waals surface area contributed by atoms with Crippen molar-refractivity contribution in [3.63, 3.8) is 0 Å². The molecule has 2 unspecified atom stereocenters. The number of nitrogens with one attached hydrogen (secondary N) is 2. The summed E-state index contributed by atoms with van der Waals surface area (Å²) in [5, 5.41) is 14.5. The topological polar surface area (TPSA) is 81.7 Å². The van der Waals surface area contributed by atoms with Gasteiger partial charge in [-0.3, -0.25) is 4.79 Å². The van der Waals surface area contributed by atoms with Crippen LogP contribution in [-0.2, 0) is 4.79 Å². The van der Waals surface area contributed by atoms with Crippen LogP contribution in [0.4, 0.5) is 4.79 Å². The normalized spacial score (nSPS) is 17.9. The van der Waals surface area contributed by atoms with Crippen molar-refractivity contribution < 1.29 is 14.7 Å². The van der Waals surface area contributed by atoms with Crippen molar-refractivity contribution in [1.29, 1.82) is 0 Å². The molecular formula is C13H25N3O3. The fourth-order valence-corrected chi connectivity index (χ4v) is 1.98. The smallest absolute Gasteiger partial charge is 0.315 e. The number of carboxylic acid groups (broad SMARTS) is 1. The molecule has 0 saturated heterocycles. The van der Waals surface area contributed by atoms with Crippen LogP contribution in [-0.4, -0.2) is 54.7 Å². The second kappa shape index (κ2) is 7.33. The largest absolute Gasteiger partial charge is 0.481 e. The van der Waals surface area contributed by atoms with Gasteiger partial charge in [-0.15, -0.1) is 0 Å². The Hall–Kier alpha value is -1.30. The van der Waals surface area contributed by atoms with Crippen LogP contribution in [0.25, 0.3) is 0 Å². The minimum atomic E-state index is -0.863. The average molecular weight is 271 g/mol. The summed E-state index contributed by atoms with van der Waals surface area (Å²) in [6.45, 7) is 2.86. The molecule has 0 aromatic carbocycles. The van der Waals surface area contributed by atoms with Crippen LogP contribution < -0.4 is 10.6 Å². The van der Waals surface area contributed by atoms with Gasteiger partial charge in [-0.25, -0.2) is 4.79 Å². The molecule has 0 radical (unpaired) electrons. The summed E-state index contributed by atoms with van der Waals surface area (Å²) in [6, 6.07) is -0.421. The molecule has 19 heavy (non-hydrogen) atoms. The minimum Gasteiger partial charge on any atom is -0.481 e. The van der Waals surface area contributed by atoms with E-state index in [1.807, 2.05) is 21.0 Å². The van der Waals surface area contributed by atoms with Crippen LogP contribution in [0.15, 0.2) is 0 Å². The molecule has 0 aromatic heterocycles. The number of amides is 2. The van der Waals surface area contributed by atoms with E-state index in [1.54, 1.807) is 0 Å². The molecule has 0 bridgehead atoms. The number of urea groups is 1. The fourth-order valence-electron chi connectivity index (χ4n) is 1.98. The van der Waals surface area contributed by atoms with Crippen molar-refractivity contribution in [3.05, 3.63) is 0 Å². The van der Waals surface area contributed by atoms with Crippen LogP contribution in [0.5, 0.6) is 0 Å². The van der Waals surface area contributed by atoms with E-state index in [4.69, 9.17) is 5.11 Å². The summed E-state index contributed by atoms with van der Waals surface area (Å²) < 4.78 is 0. The molecule has 1 fully saturated rings. The summed E-state index contributed by atoms with van der Waals surface area (Å²) in [4.78, 5) is 24.6. The first kappa shape index (κ1) is 15.8. The van der Waals surface area contributed by atoms with Crippen LogP contribution in [0.3, 0.4) is 0 Å². The number of carboxylic acids is 1. The van der Waals surface area contributed by atoms with Crippen molar-refractivity contribution in [2.45, 2.75) is 44.7 Å². The number of hydrogen-bond donors (Lipinski definition) is 3. The summed E-state index contributed by atoms with van der Waals surface area (Å²) in [5.41, 5.74) is 0. The molecular weight excluding hydrogens is 246 g/mol. The highest BCUT2D eigenvalue weighted by atomic mass is 16.4. The number of aliphatic carboxylic acids is 1. The third-order valence-electron chi connectivity index (χ3n) is 3.29. The van der Waals surface area contributed by atoms with Gasteiger partial charge >= 0.3 is 12.0 Å². The Kier molecular flexibility index (Phi) is 6.08. The van der Waals surface area contributed by atoms with Gasteiger partial charge in [0.25, 0.3) is 0 Å². The zero-order chi connectivity index (χ0) is 14.4. The van der Waals surface area contributed by atoms with Gasteiger partial charge in [0.2, 0.25) is 0 Å². The van der Waals surface area contributed by atoms with Crippen molar-refractivity contribution in [2.24, 2.45) is 5.92 Å². The Bertz CT molecular complexity index is 316. The highest BCUT2D eigenvalue weighted by Crippen LogP contribution is 2.33. The second-order valence-electron chi connectivity index (χ2n) is 5.65. The lowest BCUT2D eigenvalue weighted by molar-refractivity contribution is -0.137. The predicted molar refractivity (Wildman–Crippen MR) is 73.1 cm³/mol. The highest BCUT2D eigenvalue weighted by Gasteiger charge is 2.33. The van der Waals surface area contributed by atoms with Gasteiger partial charge in [0, 0.05) is 12.1 Å². The van der Waals surface area contributed by atoms with Crippen molar-refractivity contribution in [3.8, 4) is 0 Å². The highest BCUT2D eigenvalue weighted by molar-refractivity contribution is 5.76. The van der Waals surface area contributed by atoms with Gasteiger partial charge < -0.3 is 20.6 Å². The van der Waals surface area contributed by atoms with Crippen LogP contribution in [0.2, 0.25) is 0 Å². The van der Waals surface area contributed by atoms with E-state index in [0.29, 0.717) is 5.92 Å². The molecule has 0 heterocycles. The maximum Gasteiger partial charge on any atom is 0.315 e. The molecule has 2 amide bonds. The summed E-state index contributed by atoms with van der Waals surface area (Å²) in [7, 11) is 3.98. The molecule has 6 heteroatoms. The van der Waals surface area contributed by atoms with E-state index in [2.05, 4.69) is 15.5 Å². The molecule has 1 aliphatic rings. The van der Waals surface area contributed by atoms with E-state index < -0.39 is 5.97 Å². The van der Waals surface area contributed by atoms with E-state index in [9.17, 15) is 9.59 Å². The second-order valence-corrected chi connectivity index (χ2v) is 5.65. The number of nitrogens with zero attached hydrogens (tertiary/aromatic N) is 1. The molecule has 110 valence electrons. The number of rotatable bonds is 8. The monoisotopic (exact) mass is 271 g/mol. The Morgan fingerprint density at radius 3 is 2.42 bits per heavy atom. The van der Waals surface area contributed by atoms with Gasteiger partial charge in [0.05, 0.1) is 6.42 Å². The fraction of sp³-hybridized carbons (Fsp3) is 0.846. The van der Waals surface area contributed by atoms with Gasteiger partial charge in [0.15, 0.2) is 0 Å². The Balaban J connectivity index is 2.29. The lowest BCUT2D eigenvalue weighted by Gasteiger charge is -2.20. The molecule has 1 saturated carbocycles. The van der Waals surface area contributed by atoms with Gasteiger partial charge in [-0.05, 0) is 52.7 Å². The van der Waals surface area contributed by atoms with Crippen LogP contribution in [0, 0.1) is 5.92 Å². The lowest BCUT2D eigenvalue weighted by atomic mass is 10.1. The molecule has 2 atom stereocenters. The van der Waals surface area contributed by atoms with Crippen molar-refractivity contribution >= 4 is 12.0 Å². The quantitative estimate of drug-likeness (QED) is 0.612. The maximum atomic E-state index is 11.8. The summed E-state index contributed by atoms with van der Waals surface area (Å²) in [6.07, 6.45) is 2.89. The predicted octanol–water partition coefficient (Wildman–Crippen LogP) is 0.879. The average Bonchev–Trinajstić information content (AvgIpc) is 3.08. The van der Waals surface area contributed by atoms with E-state index in [1.165, 1.54) is 0 Å². The molecule has 0 aromatic rings. The molecule has 1 aliphatic carbocycles. The third-order valence-corrected chi connectivity index (χ3v) is 3.29. The van der Waals surface area contributed by atoms with Gasteiger partial charge in [-0.2, -0.15) is 0 Å². The zero-order valence-electron chi connectivity index (χ0n) is 12.0. The molecule has 6 nitrogen and oxygen atoms in total. The van der Waals surface area contributed by atoms with E-state index in [0.717, 1.165) is 25.8 Å². The standard InChI is InChI=1S/C13H25N3O3/c1-9(6-7-16(2)3)14-13(19)15-11(8-12(17)18)10-4-5-10/h9-11H,4-8H2,1-3H3,(H,17,18)(H2,14,15,19). The summed E-state index contributed by atoms with van der Waals surface area (Å²) >= 11 is 0. The minimum absolute atomic E-state index is 0.00413. The number of hydrogen-bond acceptors (Lipinski definition) is 3. The molecule has 0 aliphatic heterocycles. The maximum absolute atomic E-state index is 11.8. The third kappa shape index (κ3) is 7.00. The Morgan fingerprint density at radius 1 is 1.32 bits per heavy atom. The first-order chi connectivity index (χ1) is 8.88. The molecule has 3 N–H and O–H groups in total. The number of carbonyl (C=O) groups excluding carboxylic acids is 1. The van der Waals surface area contributed by atoms with Gasteiger partial charge in [0.1, 0.15) is 0 Å². The number of carbonyl (C=O) groups is 2. The van der Waals surface area contributed by atoms with E-state index in [-0.39, 0.29) is 24.5 Å². The molecule has 0 spiro atoms. The van der Waals surface area contributed by atoms with Crippen LogP contribution >= 0.6 is 0 Å². The summed E-state index contributed by atoms with van der Waals surface area (Å²) in [5.74, 6) is -0.531. The molecule has 1 rings (SSSR count). The SMILES string of the molecule is CC(CCN(C)C)NC(=O)NC(CC(=O)O)C1CC1. The van der Waals surface area contributed by atoms with Gasteiger partial charge in [-0.1, -0.05) is 0 Å². The van der Waals surface area contributed by atoms with Crippen molar-refractivity contribution in [1.82, 2.24) is 15.5 Å². The first-order valence-electron chi connectivity index (χ1n) is 6.82.